The van der Waals surface area contributed by atoms with E-state index in [1.54, 1.807) is 5.57 Å². The molecule has 0 aromatic rings. The molecule has 0 aromatic carbocycles. The van der Waals surface area contributed by atoms with Gasteiger partial charge in [-0.3, -0.25) is 0 Å². The van der Waals surface area contributed by atoms with Gasteiger partial charge in [0.05, 0.1) is 6.61 Å². The molecule has 3 saturated carbocycles. The molecule has 3 heteroatoms. The third kappa shape index (κ3) is 7.94. The largest absolute Gasteiger partial charge is 0.508 e. The van der Waals surface area contributed by atoms with Crippen molar-refractivity contribution in [2.45, 2.75) is 170 Å². The Morgan fingerprint density at radius 2 is 1.61 bits per heavy atom. The lowest BCUT2D eigenvalue weighted by Gasteiger charge is -2.58. The number of ether oxygens (including phenoxy) is 2. The van der Waals surface area contributed by atoms with E-state index in [9.17, 15) is 4.79 Å². The molecule has 0 saturated heterocycles. The average molecular weight is 571 g/mol. The number of hydrogen-bond acceptors (Lipinski definition) is 3. The summed E-state index contributed by atoms with van der Waals surface area (Å²) < 4.78 is 11.3. The number of hydrogen-bond donors (Lipinski definition) is 0. The van der Waals surface area contributed by atoms with Crippen molar-refractivity contribution in [2.24, 2.45) is 46.3 Å². The maximum Gasteiger partial charge on any atom is 0.508 e. The first kappa shape index (κ1) is 32.9. The van der Waals surface area contributed by atoms with Gasteiger partial charge < -0.3 is 9.47 Å². The third-order valence-corrected chi connectivity index (χ3v) is 12.7. The van der Waals surface area contributed by atoms with Crippen LogP contribution in [0, 0.1) is 46.3 Å². The topological polar surface area (TPSA) is 35.5 Å². The zero-order chi connectivity index (χ0) is 29.5. The van der Waals surface area contributed by atoms with E-state index in [-0.39, 0.29) is 6.10 Å². The summed E-state index contributed by atoms with van der Waals surface area (Å²) in [6, 6.07) is 0. The molecular weight excluding hydrogens is 504 g/mol. The minimum absolute atomic E-state index is 0.00616. The van der Waals surface area contributed by atoms with Crippen molar-refractivity contribution in [1.82, 2.24) is 0 Å². The van der Waals surface area contributed by atoms with Crippen LogP contribution in [0.25, 0.3) is 0 Å². The first-order chi connectivity index (χ1) is 19.7. The van der Waals surface area contributed by atoms with Crippen LogP contribution in [-0.2, 0) is 9.47 Å². The van der Waals surface area contributed by atoms with Gasteiger partial charge in [0.1, 0.15) is 6.10 Å². The second-order valence-corrected chi connectivity index (χ2v) is 15.8. The van der Waals surface area contributed by atoms with E-state index >= 15 is 0 Å². The molecule has 0 radical (unpaired) electrons. The summed E-state index contributed by atoms with van der Waals surface area (Å²) in [6.45, 7) is 15.3. The lowest BCUT2D eigenvalue weighted by molar-refractivity contribution is -0.0617. The van der Waals surface area contributed by atoms with Crippen molar-refractivity contribution in [3.8, 4) is 0 Å². The van der Waals surface area contributed by atoms with E-state index < -0.39 is 6.16 Å². The number of allylic oxidation sites excluding steroid dienone is 1. The smallest absolute Gasteiger partial charge is 0.434 e. The molecule has 4 aliphatic carbocycles. The van der Waals surface area contributed by atoms with Crippen LogP contribution in [0.2, 0.25) is 0 Å². The summed E-state index contributed by atoms with van der Waals surface area (Å²) in [4.78, 5) is 12.5. The normalized spacial score (nSPS) is 35.3. The van der Waals surface area contributed by atoms with Gasteiger partial charge >= 0.3 is 6.16 Å². The molecular formula is C38H66O3. The van der Waals surface area contributed by atoms with E-state index in [4.69, 9.17) is 9.47 Å². The molecule has 0 N–H and O–H groups in total. The number of carbonyl (C=O) groups is 1. The molecule has 236 valence electrons. The SMILES string of the molecule is CCCCCCCCCCOC(=O)OC1CC[C@@]2(C)C(=CCC3C2CC[C@@]2(C)C3CC[C@@H]2[C@H](C)CCCC(C)C)C1. The van der Waals surface area contributed by atoms with Gasteiger partial charge in [-0.15, -0.1) is 0 Å². The minimum atomic E-state index is -0.441. The van der Waals surface area contributed by atoms with Crippen molar-refractivity contribution in [1.29, 1.82) is 0 Å². The Hall–Kier alpha value is -0.990. The highest BCUT2D eigenvalue weighted by atomic mass is 16.7. The van der Waals surface area contributed by atoms with Gasteiger partial charge in [0, 0.05) is 6.42 Å². The fourth-order valence-electron chi connectivity index (χ4n) is 10.3. The third-order valence-electron chi connectivity index (χ3n) is 12.7. The summed E-state index contributed by atoms with van der Waals surface area (Å²) in [5.41, 5.74) is 2.43. The van der Waals surface area contributed by atoms with Gasteiger partial charge in [-0.1, -0.05) is 117 Å². The van der Waals surface area contributed by atoms with E-state index in [1.807, 2.05) is 0 Å². The van der Waals surface area contributed by atoms with E-state index in [0.717, 1.165) is 67.6 Å². The van der Waals surface area contributed by atoms with Crippen LogP contribution in [0.15, 0.2) is 11.6 Å². The fraction of sp³-hybridized carbons (Fsp3) is 0.921. The Labute approximate surface area is 254 Å². The number of carbonyl (C=O) groups excluding carboxylic acids is 1. The first-order valence-corrected chi connectivity index (χ1v) is 18.2. The molecule has 4 aliphatic rings. The molecule has 4 rings (SSSR count). The summed E-state index contributed by atoms with van der Waals surface area (Å²) >= 11 is 0. The van der Waals surface area contributed by atoms with Gasteiger partial charge in [-0.05, 0) is 97.7 Å². The van der Waals surface area contributed by atoms with E-state index in [0.29, 0.717) is 17.4 Å². The van der Waals surface area contributed by atoms with Crippen LogP contribution < -0.4 is 0 Å². The summed E-state index contributed by atoms with van der Waals surface area (Å²) in [5, 5.41) is 0. The van der Waals surface area contributed by atoms with Crippen LogP contribution >= 0.6 is 0 Å². The van der Waals surface area contributed by atoms with Crippen molar-refractivity contribution in [2.75, 3.05) is 6.61 Å². The highest BCUT2D eigenvalue weighted by Gasteiger charge is 2.59. The molecule has 4 unspecified atom stereocenters. The Bertz CT molecular complexity index is 846. The van der Waals surface area contributed by atoms with Gasteiger partial charge in [-0.2, -0.15) is 0 Å². The highest BCUT2D eigenvalue weighted by molar-refractivity contribution is 5.60. The van der Waals surface area contributed by atoms with E-state index in [1.165, 1.54) is 89.9 Å². The molecule has 3 nitrogen and oxygen atoms in total. The lowest BCUT2D eigenvalue weighted by Crippen LogP contribution is -2.51. The van der Waals surface area contributed by atoms with Crippen LogP contribution in [-0.4, -0.2) is 18.9 Å². The van der Waals surface area contributed by atoms with Gasteiger partial charge in [0.2, 0.25) is 0 Å². The number of unbranched alkanes of at least 4 members (excludes halogenated alkanes) is 7. The van der Waals surface area contributed by atoms with Crippen molar-refractivity contribution >= 4 is 6.16 Å². The van der Waals surface area contributed by atoms with Gasteiger partial charge in [-0.25, -0.2) is 4.79 Å². The average Bonchev–Trinajstić information content (AvgIpc) is 3.29. The zero-order valence-corrected chi connectivity index (χ0v) is 28.0. The lowest BCUT2D eigenvalue weighted by atomic mass is 9.47. The molecule has 0 bridgehead atoms. The quantitative estimate of drug-likeness (QED) is 0.112. The summed E-state index contributed by atoms with van der Waals surface area (Å²) in [6.07, 6.45) is 26.4. The molecule has 0 amide bonds. The highest BCUT2D eigenvalue weighted by Crippen LogP contribution is 2.67. The van der Waals surface area contributed by atoms with Crippen molar-refractivity contribution in [3.63, 3.8) is 0 Å². The van der Waals surface area contributed by atoms with Crippen LogP contribution in [0.3, 0.4) is 0 Å². The molecule has 3 fully saturated rings. The first-order valence-electron chi connectivity index (χ1n) is 18.2. The molecule has 0 spiro atoms. The van der Waals surface area contributed by atoms with Crippen LogP contribution in [0.1, 0.15) is 164 Å². The second kappa shape index (κ2) is 15.1. The Kier molecular flexibility index (Phi) is 12.2. The molecule has 8 atom stereocenters. The maximum absolute atomic E-state index is 12.5. The van der Waals surface area contributed by atoms with Crippen molar-refractivity contribution in [3.05, 3.63) is 11.6 Å². The number of fused-ring (bicyclic) bond motifs is 5. The van der Waals surface area contributed by atoms with Crippen LogP contribution in [0.4, 0.5) is 4.79 Å². The fourth-order valence-corrected chi connectivity index (χ4v) is 10.3. The summed E-state index contributed by atoms with van der Waals surface area (Å²) in [7, 11) is 0. The Balaban J connectivity index is 1.24. The Morgan fingerprint density at radius 3 is 2.34 bits per heavy atom. The Morgan fingerprint density at radius 1 is 0.878 bits per heavy atom. The standard InChI is InChI=1S/C38H66O3/c1-7-8-9-10-11-12-13-14-26-40-36(39)41-31-22-24-37(5)30(27-31)18-19-32-34-21-20-33(29(4)17-15-16-28(2)3)38(34,6)25-23-35(32)37/h18,28-29,31-35H,7-17,19-27H2,1-6H3/t29-,31?,32?,33-,34?,35?,37+,38-/m1/s1. The predicted octanol–water partition coefficient (Wildman–Crippen LogP) is 11.7. The molecule has 0 heterocycles. The predicted molar refractivity (Wildman–Crippen MR) is 172 cm³/mol. The molecule has 41 heavy (non-hydrogen) atoms. The van der Waals surface area contributed by atoms with Crippen LogP contribution in [0.5, 0.6) is 0 Å². The van der Waals surface area contributed by atoms with Gasteiger partial charge in [0.25, 0.3) is 0 Å². The molecule has 0 aliphatic heterocycles. The van der Waals surface area contributed by atoms with Gasteiger partial charge in [0.15, 0.2) is 0 Å². The summed E-state index contributed by atoms with van der Waals surface area (Å²) in [5.74, 6) is 5.18. The number of rotatable bonds is 15. The molecule has 0 aromatic heterocycles. The monoisotopic (exact) mass is 571 g/mol. The van der Waals surface area contributed by atoms with Crippen molar-refractivity contribution < 1.29 is 14.3 Å². The van der Waals surface area contributed by atoms with E-state index in [2.05, 4.69) is 47.6 Å². The zero-order valence-electron chi connectivity index (χ0n) is 28.0. The minimum Gasteiger partial charge on any atom is -0.434 e. The maximum atomic E-state index is 12.5. The second-order valence-electron chi connectivity index (χ2n) is 15.8.